The molecule has 0 spiro atoms. The molecular weight excluding hydrogens is 406 g/mol. The molecule has 4 rings (SSSR count). The van der Waals surface area contributed by atoms with Gasteiger partial charge in [-0.25, -0.2) is 9.78 Å². The monoisotopic (exact) mass is 435 g/mol. The molecule has 0 bridgehead atoms. The van der Waals surface area contributed by atoms with Crippen LogP contribution in [-0.2, 0) is 6.54 Å². The van der Waals surface area contributed by atoms with Gasteiger partial charge in [0.1, 0.15) is 0 Å². The van der Waals surface area contributed by atoms with Gasteiger partial charge in [0.25, 0.3) is 0 Å². The van der Waals surface area contributed by atoms with Crippen molar-refractivity contribution in [1.82, 2.24) is 25.1 Å². The first-order chi connectivity index (χ1) is 15.7. The van der Waals surface area contributed by atoms with E-state index in [1.807, 2.05) is 54.7 Å². The van der Waals surface area contributed by atoms with Gasteiger partial charge in [-0.1, -0.05) is 30.3 Å². The minimum Gasteiger partial charge on any atom is -0.481 e. The largest absolute Gasteiger partial charge is 0.481 e. The van der Waals surface area contributed by atoms with Crippen molar-refractivity contribution in [1.29, 1.82) is 0 Å². The van der Waals surface area contributed by atoms with Crippen LogP contribution in [0.15, 0.2) is 54.7 Å². The highest BCUT2D eigenvalue weighted by Gasteiger charge is 2.26. The Balaban J connectivity index is 1.57. The molecule has 1 aliphatic rings. The summed E-state index contributed by atoms with van der Waals surface area (Å²) in [4.78, 5) is 24.9. The second kappa shape index (κ2) is 10.4. The van der Waals surface area contributed by atoms with Crippen molar-refractivity contribution in [3.63, 3.8) is 0 Å². The number of nitrogens with one attached hydrogen (secondary N) is 1. The molecule has 0 aliphatic carbocycles. The summed E-state index contributed by atoms with van der Waals surface area (Å²) in [6.07, 6.45) is 1.91. The zero-order valence-corrected chi connectivity index (χ0v) is 18.3. The van der Waals surface area contributed by atoms with Crippen LogP contribution in [0.1, 0.15) is 23.6 Å². The van der Waals surface area contributed by atoms with E-state index in [9.17, 15) is 9.90 Å². The van der Waals surface area contributed by atoms with Crippen LogP contribution in [-0.4, -0.2) is 70.8 Å². The van der Waals surface area contributed by atoms with Gasteiger partial charge in [0.2, 0.25) is 5.88 Å². The van der Waals surface area contributed by atoms with Crippen molar-refractivity contribution < 1.29 is 14.6 Å². The predicted octanol–water partition coefficient (Wildman–Crippen LogP) is 3.16. The van der Waals surface area contributed by atoms with Crippen molar-refractivity contribution in [2.45, 2.75) is 19.0 Å². The summed E-state index contributed by atoms with van der Waals surface area (Å²) in [7, 11) is 1.61. The minimum atomic E-state index is -0.904. The molecule has 1 aliphatic heterocycles. The number of nitrogens with zero attached hydrogens (tertiary/aromatic N) is 4. The van der Waals surface area contributed by atoms with E-state index in [0.29, 0.717) is 25.5 Å². The SMILES string of the molecule is COc1ccc2nccc(C3CNCCCN3CCN(Cc3ccccc3)C(=O)O)c2n1. The van der Waals surface area contributed by atoms with E-state index in [2.05, 4.69) is 20.2 Å². The number of carboxylic acid groups (broad SMARTS) is 1. The third-order valence-electron chi connectivity index (χ3n) is 5.88. The summed E-state index contributed by atoms with van der Waals surface area (Å²) in [5.74, 6) is 0.555. The second-order valence-corrected chi connectivity index (χ2v) is 7.92. The first-order valence-electron chi connectivity index (χ1n) is 10.9. The van der Waals surface area contributed by atoms with Gasteiger partial charge in [0.15, 0.2) is 0 Å². The summed E-state index contributed by atoms with van der Waals surface area (Å²) in [6.45, 7) is 4.02. The Hall–Kier alpha value is -3.23. The van der Waals surface area contributed by atoms with E-state index in [-0.39, 0.29) is 6.04 Å². The molecule has 8 heteroatoms. The zero-order valence-electron chi connectivity index (χ0n) is 18.3. The second-order valence-electron chi connectivity index (χ2n) is 7.92. The molecule has 2 aromatic heterocycles. The van der Waals surface area contributed by atoms with Crippen molar-refractivity contribution >= 4 is 17.1 Å². The lowest BCUT2D eigenvalue weighted by molar-refractivity contribution is 0.125. The van der Waals surface area contributed by atoms with Crippen LogP contribution in [0, 0.1) is 0 Å². The Morgan fingerprint density at radius 2 is 2.09 bits per heavy atom. The number of hydrogen-bond acceptors (Lipinski definition) is 6. The molecular formula is C24H29N5O3. The molecule has 1 saturated heterocycles. The number of fused-ring (bicyclic) bond motifs is 1. The molecule has 32 heavy (non-hydrogen) atoms. The highest BCUT2D eigenvalue weighted by molar-refractivity contribution is 5.78. The van der Waals surface area contributed by atoms with Crippen LogP contribution in [0.5, 0.6) is 5.88 Å². The molecule has 168 valence electrons. The molecule has 1 fully saturated rings. The Bertz CT molecular complexity index is 1050. The lowest BCUT2D eigenvalue weighted by Crippen LogP contribution is -2.40. The van der Waals surface area contributed by atoms with Crippen molar-refractivity contribution in [3.05, 3.63) is 65.9 Å². The highest BCUT2D eigenvalue weighted by Crippen LogP contribution is 2.28. The Morgan fingerprint density at radius 1 is 1.25 bits per heavy atom. The fourth-order valence-electron chi connectivity index (χ4n) is 4.21. The predicted molar refractivity (Wildman–Crippen MR) is 123 cm³/mol. The van der Waals surface area contributed by atoms with Crippen molar-refractivity contribution in [2.75, 3.05) is 39.8 Å². The summed E-state index contributed by atoms with van der Waals surface area (Å²) >= 11 is 0. The first kappa shape index (κ1) is 22.0. The third-order valence-corrected chi connectivity index (χ3v) is 5.88. The highest BCUT2D eigenvalue weighted by atomic mass is 16.5. The fraction of sp³-hybridized carbons (Fsp3) is 0.375. The molecule has 0 radical (unpaired) electrons. The number of methoxy groups -OCH3 is 1. The van der Waals surface area contributed by atoms with Gasteiger partial charge >= 0.3 is 6.09 Å². The number of pyridine rings is 2. The van der Waals surface area contributed by atoms with Gasteiger partial charge in [-0.15, -0.1) is 0 Å². The normalized spacial score (nSPS) is 17.1. The number of aromatic nitrogens is 2. The number of amides is 1. The Kier molecular flexibility index (Phi) is 7.14. The quantitative estimate of drug-likeness (QED) is 0.589. The van der Waals surface area contributed by atoms with Crippen LogP contribution in [0.3, 0.4) is 0 Å². The molecule has 1 unspecified atom stereocenters. The maximum atomic E-state index is 11.9. The van der Waals surface area contributed by atoms with E-state index in [0.717, 1.165) is 48.2 Å². The molecule has 1 atom stereocenters. The summed E-state index contributed by atoms with van der Waals surface area (Å²) in [6, 6.07) is 15.5. The molecule has 1 aromatic carbocycles. The summed E-state index contributed by atoms with van der Waals surface area (Å²) in [5.41, 5.74) is 3.71. The maximum Gasteiger partial charge on any atom is 0.407 e. The molecule has 3 heterocycles. The number of carbonyl (C=O) groups is 1. The average molecular weight is 436 g/mol. The molecule has 1 amide bonds. The number of hydrogen-bond donors (Lipinski definition) is 2. The lowest BCUT2D eigenvalue weighted by atomic mass is 10.0. The number of ether oxygens (including phenoxy) is 1. The fourth-order valence-corrected chi connectivity index (χ4v) is 4.21. The standard InChI is InChI=1S/C24H29N5O3/c1-32-22-9-8-20-23(27-22)19(10-12-26-20)21-16-25-11-5-13-28(21)14-15-29(24(30)31)17-18-6-3-2-4-7-18/h2-4,6-10,12,21,25H,5,11,13-17H2,1H3,(H,30,31). The van der Waals surface area contributed by atoms with E-state index < -0.39 is 6.09 Å². The summed E-state index contributed by atoms with van der Waals surface area (Å²) < 4.78 is 5.34. The molecule has 2 N–H and O–H groups in total. The number of benzene rings is 1. The van der Waals surface area contributed by atoms with Gasteiger partial charge < -0.3 is 20.1 Å². The average Bonchev–Trinajstić information content (AvgIpc) is 3.07. The van der Waals surface area contributed by atoms with E-state index in [4.69, 9.17) is 4.74 Å². The zero-order chi connectivity index (χ0) is 22.3. The van der Waals surface area contributed by atoms with E-state index >= 15 is 0 Å². The van der Waals surface area contributed by atoms with E-state index in [1.54, 1.807) is 7.11 Å². The van der Waals surface area contributed by atoms with E-state index in [1.165, 1.54) is 4.90 Å². The van der Waals surface area contributed by atoms with Crippen LogP contribution >= 0.6 is 0 Å². The minimum absolute atomic E-state index is 0.0648. The third kappa shape index (κ3) is 5.15. The van der Waals surface area contributed by atoms with Crippen LogP contribution in [0.25, 0.3) is 11.0 Å². The van der Waals surface area contributed by atoms with Gasteiger partial charge in [0.05, 0.1) is 18.1 Å². The first-order valence-corrected chi connectivity index (χ1v) is 10.9. The number of rotatable bonds is 7. The van der Waals surface area contributed by atoms with Gasteiger partial charge in [-0.05, 0) is 30.7 Å². The Morgan fingerprint density at radius 3 is 2.88 bits per heavy atom. The van der Waals surface area contributed by atoms with Gasteiger partial charge in [-0.2, -0.15) is 0 Å². The van der Waals surface area contributed by atoms with Crippen LogP contribution < -0.4 is 10.1 Å². The van der Waals surface area contributed by atoms with Crippen LogP contribution in [0.2, 0.25) is 0 Å². The summed E-state index contributed by atoms with van der Waals surface area (Å²) in [5, 5.41) is 13.3. The maximum absolute atomic E-state index is 11.9. The smallest absolute Gasteiger partial charge is 0.407 e. The van der Waals surface area contributed by atoms with Crippen molar-refractivity contribution in [2.24, 2.45) is 0 Å². The molecule has 8 nitrogen and oxygen atoms in total. The Labute approximate surface area is 187 Å². The molecule has 3 aromatic rings. The van der Waals surface area contributed by atoms with Gasteiger partial charge in [0, 0.05) is 56.6 Å². The molecule has 0 saturated carbocycles. The van der Waals surface area contributed by atoms with Crippen molar-refractivity contribution in [3.8, 4) is 5.88 Å². The topological polar surface area (TPSA) is 90.8 Å². The van der Waals surface area contributed by atoms with Gasteiger partial charge in [-0.3, -0.25) is 9.88 Å². The lowest BCUT2D eigenvalue weighted by Gasteiger charge is -2.32. The van der Waals surface area contributed by atoms with Crippen LogP contribution in [0.4, 0.5) is 4.79 Å².